The summed E-state index contributed by atoms with van der Waals surface area (Å²) in [6.45, 7) is 6.22. The molecule has 3 aliphatic heterocycles. The standard InChI is InChI=1S/C55H66N2O6/c1-4-6-8-16-40-30-37(24-26-57-40)39(33-58)17-22-47-45-21-20-44-43-23-25-55(51(44)50(45)53(60)62-47)48(29-34(5-2)27-35-12-9-7-10-13-35)63-54(61)52(55)49(43)46-31-41(59)18-19-42(46)38-15-11-14-36(28-38)32-56-3/h7,9-15,18-19,22,28-29,31,34,37,39-40,43-44,51,56-59H,4-6,8,16-17,20-21,23-27,30,32-33H2,1-3H3/b47-22-,48-29-/t34-,37-,39+,40-,43-,44+,51-,55-/m1/s1. The molecule has 10 rings (SSSR count). The van der Waals surface area contributed by atoms with E-state index in [0.717, 1.165) is 85.0 Å². The number of piperidine rings is 1. The fourth-order valence-corrected chi connectivity index (χ4v) is 12.7. The van der Waals surface area contributed by atoms with Crippen LogP contribution >= 0.6 is 0 Å². The topological polar surface area (TPSA) is 117 Å². The molecule has 3 aromatic rings. The first-order valence-electron chi connectivity index (χ1n) is 24.1. The van der Waals surface area contributed by atoms with Gasteiger partial charge in [-0.1, -0.05) is 87.7 Å². The summed E-state index contributed by atoms with van der Waals surface area (Å²) < 4.78 is 12.9. The molecule has 332 valence electrons. The fourth-order valence-electron chi connectivity index (χ4n) is 12.7. The highest BCUT2D eigenvalue weighted by molar-refractivity contribution is 6.07. The van der Waals surface area contributed by atoms with Crippen LogP contribution in [0, 0.1) is 40.9 Å². The zero-order chi connectivity index (χ0) is 43.7. The van der Waals surface area contributed by atoms with Gasteiger partial charge in [0.15, 0.2) is 0 Å². The maximum absolute atomic E-state index is 14.9. The predicted molar refractivity (Wildman–Crippen MR) is 248 cm³/mol. The van der Waals surface area contributed by atoms with Gasteiger partial charge in [0.25, 0.3) is 0 Å². The van der Waals surface area contributed by atoms with E-state index in [1.807, 2.05) is 25.2 Å². The van der Waals surface area contributed by atoms with Gasteiger partial charge in [0.2, 0.25) is 0 Å². The van der Waals surface area contributed by atoms with Gasteiger partial charge < -0.3 is 30.3 Å². The highest BCUT2D eigenvalue weighted by Crippen LogP contribution is 2.72. The molecule has 0 unspecified atom stereocenters. The number of ether oxygens (including phenoxy) is 2. The molecular weight excluding hydrogens is 785 g/mol. The summed E-state index contributed by atoms with van der Waals surface area (Å²) in [7, 11) is 1.94. The first-order valence-corrected chi connectivity index (χ1v) is 24.1. The molecule has 3 aromatic carbocycles. The zero-order valence-corrected chi connectivity index (χ0v) is 37.5. The quantitative estimate of drug-likeness (QED) is 0.0832. The average molecular weight is 851 g/mol. The molecule has 0 amide bonds. The molecule has 8 heteroatoms. The van der Waals surface area contributed by atoms with Crippen molar-refractivity contribution in [1.82, 2.24) is 10.6 Å². The molecular formula is C55H66N2O6. The molecule has 2 bridgehead atoms. The number of aliphatic hydroxyl groups excluding tert-OH is 1. The Morgan fingerprint density at radius 2 is 1.76 bits per heavy atom. The number of allylic oxidation sites excluding steroid dienone is 5. The van der Waals surface area contributed by atoms with E-state index in [1.165, 1.54) is 31.2 Å². The third kappa shape index (κ3) is 8.17. The molecule has 7 aliphatic rings. The van der Waals surface area contributed by atoms with Gasteiger partial charge in [-0.05, 0) is 171 Å². The van der Waals surface area contributed by atoms with E-state index in [1.54, 1.807) is 6.07 Å². The van der Waals surface area contributed by atoms with Crippen LogP contribution in [0.25, 0.3) is 16.7 Å². The highest BCUT2D eigenvalue weighted by Gasteiger charge is 2.68. The van der Waals surface area contributed by atoms with Crippen LogP contribution in [0.5, 0.6) is 5.75 Å². The predicted octanol–water partition coefficient (Wildman–Crippen LogP) is 10.4. The Bertz CT molecular complexity index is 2320. The SMILES string of the molecule is CCCCC[C@@H]1C[C@H]([C@H](CO)C/C=C2\OC(=O)C3=C2CC[C@H]2[C@H]4CC[C@]5(C(=C4c4cc(O)ccc4-c4cccc(CNC)c4)C(=O)O/C5=C\[C@H](CC)Cc4ccccc4)[C@@H]32)CCN1. The first-order chi connectivity index (χ1) is 30.8. The molecule has 63 heavy (non-hydrogen) atoms. The van der Waals surface area contributed by atoms with E-state index < -0.39 is 5.41 Å². The highest BCUT2D eigenvalue weighted by atomic mass is 16.5. The summed E-state index contributed by atoms with van der Waals surface area (Å²) in [6, 6.07) is 25.0. The number of rotatable bonds is 16. The molecule has 8 nitrogen and oxygen atoms in total. The lowest BCUT2D eigenvalue weighted by Crippen LogP contribution is -2.52. The number of carbonyl (C=O) groups is 2. The molecule has 0 aromatic heterocycles. The van der Waals surface area contributed by atoms with Crippen LogP contribution in [0.15, 0.2) is 113 Å². The summed E-state index contributed by atoms with van der Waals surface area (Å²) in [5, 5.41) is 28.9. The number of unbranched alkanes of at least 4 members (excludes halogenated alkanes) is 2. The molecule has 3 fully saturated rings. The van der Waals surface area contributed by atoms with Crippen molar-refractivity contribution in [2.75, 3.05) is 20.2 Å². The second-order valence-corrected chi connectivity index (χ2v) is 19.3. The third-order valence-corrected chi connectivity index (χ3v) is 15.7. The molecule has 8 atom stereocenters. The number of carbonyl (C=O) groups excluding carboxylic acids is 2. The van der Waals surface area contributed by atoms with Gasteiger partial charge in [0, 0.05) is 36.3 Å². The minimum atomic E-state index is -0.863. The number of hydrogen-bond acceptors (Lipinski definition) is 8. The van der Waals surface area contributed by atoms with Crippen molar-refractivity contribution in [3.63, 3.8) is 0 Å². The van der Waals surface area contributed by atoms with Crippen molar-refractivity contribution >= 4 is 17.5 Å². The van der Waals surface area contributed by atoms with Crippen molar-refractivity contribution in [3.8, 4) is 16.9 Å². The molecule has 3 heterocycles. The lowest BCUT2D eigenvalue weighted by Gasteiger charge is -2.56. The van der Waals surface area contributed by atoms with E-state index >= 15 is 0 Å². The van der Waals surface area contributed by atoms with Gasteiger partial charge in [0.05, 0.1) is 11.0 Å². The van der Waals surface area contributed by atoms with Crippen molar-refractivity contribution in [2.45, 2.75) is 110 Å². The van der Waals surface area contributed by atoms with E-state index in [2.05, 4.69) is 85.2 Å². The maximum Gasteiger partial charge on any atom is 0.340 e. The largest absolute Gasteiger partial charge is 0.508 e. The van der Waals surface area contributed by atoms with E-state index in [0.29, 0.717) is 53.9 Å². The number of aromatic hydroxyl groups is 1. The number of benzene rings is 3. The number of hydrogen-bond donors (Lipinski definition) is 4. The van der Waals surface area contributed by atoms with Crippen molar-refractivity contribution < 1.29 is 29.3 Å². The molecule has 1 saturated carbocycles. The Morgan fingerprint density at radius 3 is 2.56 bits per heavy atom. The summed E-state index contributed by atoms with van der Waals surface area (Å²) in [4.78, 5) is 29.5. The summed E-state index contributed by atoms with van der Waals surface area (Å²) >= 11 is 0. The summed E-state index contributed by atoms with van der Waals surface area (Å²) in [5.41, 5.74) is 7.66. The van der Waals surface area contributed by atoms with Gasteiger partial charge in [-0.15, -0.1) is 0 Å². The summed E-state index contributed by atoms with van der Waals surface area (Å²) in [5.74, 6) is 1.18. The second kappa shape index (κ2) is 18.8. The van der Waals surface area contributed by atoms with Crippen molar-refractivity contribution in [2.24, 2.45) is 40.9 Å². The summed E-state index contributed by atoms with van der Waals surface area (Å²) in [6.07, 6.45) is 16.7. The van der Waals surface area contributed by atoms with E-state index in [4.69, 9.17) is 9.47 Å². The second-order valence-electron chi connectivity index (χ2n) is 19.3. The van der Waals surface area contributed by atoms with Gasteiger partial charge in [-0.25, -0.2) is 9.59 Å². The Labute approximate surface area is 373 Å². The fraction of sp³-hybridized carbons (Fsp3) is 0.491. The number of nitrogens with one attached hydrogen (secondary N) is 2. The number of fused-ring (bicyclic) bond motifs is 1. The van der Waals surface area contributed by atoms with Crippen LogP contribution in [0.4, 0.5) is 0 Å². The molecule has 4 N–H and O–H groups in total. The Hall–Kier alpha value is -4.76. The number of aliphatic hydroxyl groups is 1. The zero-order valence-electron chi connectivity index (χ0n) is 37.5. The molecule has 1 spiro atoms. The van der Waals surface area contributed by atoms with Crippen LogP contribution in [-0.2, 0) is 32.0 Å². The van der Waals surface area contributed by atoms with Crippen LogP contribution in [-0.4, -0.2) is 48.4 Å². The maximum atomic E-state index is 14.9. The number of phenolic OH excluding ortho intramolecular Hbond substituents is 1. The third-order valence-electron chi connectivity index (χ3n) is 15.7. The number of phenols is 1. The van der Waals surface area contributed by atoms with Gasteiger partial charge in [-0.3, -0.25) is 0 Å². The number of cyclic esters (lactones) is 2. The van der Waals surface area contributed by atoms with Gasteiger partial charge in [-0.2, -0.15) is 0 Å². The molecule has 4 aliphatic carbocycles. The van der Waals surface area contributed by atoms with Crippen molar-refractivity contribution in [3.05, 3.63) is 130 Å². The van der Waals surface area contributed by atoms with Crippen LogP contribution in [0.2, 0.25) is 0 Å². The number of esters is 2. The van der Waals surface area contributed by atoms with Crippen LogP contribution < -0.4 is 10.6 Å². The average Bonchev–Trinajstić information content (AvgIpc) is 3.79. The van der Waals surface area contributed by atoms with E-state index in [9.17, 15) is 19.8 Å². The first kappa shape index (κ1) is 43.5. The van der Waals surface area contributed by atoms with Gasteiger partial charge >= 0.3 is 11.9 Å². The minimum Gasteiger partial charge on any atom is -0.508 e. The Kier molecular flexibility index (Phi) is 12.9. The van der Waals surface area contributed by atoms with E-state index in [-0.39, 0.29) is 53.9 Å². The van der Waals surface area contributed by atoms with Crippen molar-refractivity contribution in [1.29, 1.82) is 0 Å². The van der Waals surface area contributed by atoms with Crippen LogP contribution in [0.1, 0.15) is 108 Å². The lowest BCUT2D eigenvalue weighted by molar-refractivity contribution is -0.135. The lowest BCUT2D eigenvalue weighted by atomic mass is 9.44. The Balaban J connectivity index is 1.14. The van der Waals surface area contributed by atoms with Gasteiger partial charge in [0.1, 0.15) is 17.3 Å². The molecule has 2 saturated heterocycles. The Morgan fingerprint density at radius 1 is 0.921 bits per heavy atom. The molecule has 0 radical (unpaired) electrons. The monoisotopic (exact) mass is 850 g/mol. The smallest absolute Gasteiger partial charge is 0.340 e. The normalized spacial score (nSPS) is 28.5. The van der Waals surface area contributed by atoms with Crippen LogP contribution in [0.3, 0.4) is 0 Å². The minimum absolute atomic E-state index is 0.0232.